The highest BCUT2D eigenvalue weighted by molar-refractivity contribution is 6.31. The van der Waals surface area contributed by atoms with Crippen LogP contribution in [-0.2, 0) is 67.5 Å². The van der Waals surface area contributed by atoms with Crippen molar-refractivity contribution in [2.24, 2.45) is 0 Å². The van der Waals surface area contributed by atoms with Crippen LogP contribution in [0.15, 0.2) is 291 Å². The Balaban J connectivity index is 0.000000118. The summed E-state index contributed by atoms with van der Waals surface area (Å²) < 4.78 is 5.21. The van der Waals surface area contributed by atoms with Crippen molar-refractivity contribution in [3.05, 3.63) is 427 Å². The fourth-order valence-electron chi connectivity index (χ4n) is 19.2. The summed E-state index contributed by atoms with van der Waals surface area (Å²) >= 11 is 18.3. The molecule has 0 radical (unpaired) electrons. The number of nitrogens with zero attached hydrogens (tertiary/aromatic N) is 10. The lowest BCUT2D eigenvalue weighted by Gasteiger charge is -2.40. The first-order valence-corrected chi connectivity index (χ1v) is 41.9. The Morgan fingerprint density at radius 2 is 0.528 bits per heavy atom. The first kappa shape index (κ1) is 83.1. The van der Waals surface area contributed by atoms with E-state index in [0.717, 1.165) is 72.5 Å². The SMILES string of the molecule is COc1ccc(CC(=O)N2CCN3C(=O)c4ccccc4C23c2ccc(Cl)cc2)cc1.Cc1ccc(C23c4ccccc4C(=O)N2CCN3C(=O)Cc2ccc(Cl)cc2)cc1.Cc1ccc(C23c4ccccc4C(=O)N2CCN3C(=O)Cc2ccc([N+](=O)[O-])cc2)cc1.O=C(Cc1ccc([N+](=O)[O-])cc1)N1CCN2C(=O)c3ccccc3C12c1ccc(Cl)cc1. The molecule has 23 nitrogen and oxygen atoms in total. The third-order valence-corrected chi connectivity index (χ3v) is 25.6. The lowest BCUT2D eigenvalue weighted by molar-refractivity contribution is -0.385. The van der Waals surface area contributed by atoms with Gasteiger partial charge in [0.1, 0.15) is 5.75 Å². The molecule has 0 saturated carbocycles. The lowest BCUT2D eigenvalue weighted by atomic mass is 9.89. The molecule has 12 aromatic rings. The van der Waals surface area contributed by atoms with E-state index in [9.17, 15) is 58.6 Å². The van der Waals surface area contributed by atoms with E-state index in [1.165, 1.54) is 24.3 Å². The van der Waals surface area contributed by atoms with E-state index in [1.54, 1.807) is 93.4 Å². The summed E-state index contributed by atoms with van der Waals surface area (Å²) in [5, 5.41) is 23.7. The van der Waals surface area contributed by atoms with Gasteiger partial charge in [0.15, 0.2) is 22.7 Å². The summed E-state index contributed by atoms with van der Waals surface area (Å²) in [6.07, 6.45) is 0.659. The minimum atomic E-state index is -1.05. The number of nitro benzene ring substituents is 2. The van der Waals surface area contributed by atoms with Crippen molar-refractivity contribution < 1.29 is 52.9 Å². The van der Waals surface area contributed by atoms with Gasteiger partial charge < -0.3 is 43.9 Å². The highest BCUT2D eigenvalue weighted by Crippen LogP contribution is 2.55. The molecule has 8 amide bonds. The molecule has 0 aliphatic carbocycles. The molecule has 626 valence electrons. The van der Waals surface area contributed by atoms with Gasteiger partial charge in [-0.2, -0.15) is 0 Å². The Kier molecular flexibility index (Phi) is 22.4. The maximum Gasteiger partial charge on any atom is 0.269 e. The first-order valence-electron chi connectivity index (χ1n) is 40.8. The molecular formula is C99H81Cl3N10O13. The number of fused-ring (bicyclic) bond motifs is 12. The zero-order chi connectivity index (χ0) is 87.4. The molecule has 12 aromatic carbocycles. The molecule has 4 saturated heterocycles. The largest absolute Gasteiger partial charge is 0.497 e. The fraction of sp³-hybridized carbons (Fsp3) is 0.192. The van der Waals surface area contributed by atoms with Crippen LogP contribution in [0, 0.1) is 34.1 Å². The van der Waals surface area contributed by atoms with Crippen molar-refractivity contribution in [1.29, 1.82) is 0 Å². The quantitative estimate of drug-likeness (QED) is 0.0684. The summed E-state index contributed by atoms with van der Waals surface area (Å²) in [7, 11) is 1.61. The molecule has 8 heterocycles. The van der Waals surface area contributed by atoms with Gasteiger partial charge in [-0.1, -0.05) is 240 Å². The summed E-state index contributed by atoms with van der Waals surface area (Å²) in [4.78, 5) is 143. The maximum absolute atomic E-state index is 13.6. The van der Waals surface area contributed by atoms with Crippen LogP contribution < -0.4 is 4.74 Å². The molecule has 26 heteroatoms. The number of hydrogen-bond donors (Lipinski definition) is 0. The highest BCUT2D eigenvalue weighted by atomic mass is 35.5. The Hall–Kier alpha value is -14.1. The van der Waals surface area contributed by atoms with E-state index >= 15 is 0 Å². The molecule has 4 unspecified atom stereocenters. The molecule has 0 N–H and O–H groups in total. The van der Waals surface area contributed by atoms with E-state index < -0.39 is 32.5 Å². The van der Waals surface area contributed by atoms with Gasteiger partial charge in [0, 0.05) is 158 Å². The van der Waals surface area contributed by atoms with E-state index in [1.807, 2.05) is 234 Å². The van der Waals surface area contributed by atoms with Gasteiger partial charge >= 0.3 is 0 Å². The van der Waals surface area contributed by atoms with Crippen LogP contribution in [-0.4, -0.2) is 156 Å². The van der Waals surface area contributed by atoms with Gasteiger partial charge in [-0.3, -0.25) is 58.6 Å². The van der Waals surface area contributed by atoms with Crippen LogP contribution in [0.1, 0.15) is 119 Å². The Morgan fingerprint density at radius 3 is 0.768 bits per heavy atom. The van der Waals surface area contributed by atoms with Gasteiger partial charge in [0.05, 0.1) is 42.6 Å². The fourth-order valence-corrected chi connectivity index (χ4v) is 19.6. The number of halogens is 3. The summed E-state index contributed by atoms with van der Waals surface area (Å²) in [6, 6.07) is 87.5. The summed E-state index contributed by atoms with van der Waals surface area (Å²) in [5.74, 6) is 0.145. The Bertz CT molecular complexity index is 6110. The maximum atomic E-state index is 13.6. The standard InChI is InChI=1S/C25H21ClN2O3.C25H21ClN2O2.C25H21N3O4.C24H18ClN3O4/c1-31-20-12-6-17(7-13-20)16-23(29)27-14-15-28-24(30)21-4-2-3-5-22(21)25(27,28)18-8-10-19(26)11-9-18;1-17-6-10-19(11-7-17)25-22-5-3-2-4-21(22)24(30)28(25)15-14-27(25)23(29)16-18-8-12-20(26)13-9-18;1-17-6-10-19(11-7-17)25-22-5-3-2-4-21(22)24(30)27(25)15-14-26(25)23(29)16-18-8-12-20(13-9-18)28(31)32;25-18-9-7-17(8-10-18)24-21-4-2-1-3-20(21)23(30)27(24)14-13-26(24)22(29)15-16-5-11-19(12-6-16)28(31)32/h2-13H,14-16H2,1H3;2-13H,14-16H2,1H3;2-13H,14-16H2,1H3;1-12H,13-15H2. The van der Waals surface area contributed by atoms with E-state index in [0.29, 0.717) is 101 Å². The summed E-state index contributed by atoms with van der Waals surface area (Å²) in [5.41, 5.74) is 10.7. The topological polar surface area (TPSA) is 258 Å². The van der Waals surface area contributed by atoms with E-state index in [4.69, 9.17) is 39.5 Å². The second-order valence-electron chi connectivity index (χ2n) is 31.7. The minimum Gasteiger partial charge on any atom is -0.497 e. The molecule has 4 fully saturated rings. The van der Waals surface area contributed by atoms with E-state index in [2.05, 4.69) is 0 Å². The van der Waals surface area contributed by atoms with Crippen molar-refractivity contribution in [3.8, 4) is 5.75 Å². The van der Waals surface area contributed by atoms with Crippen LogP contribution in [0.3, 0.4) is 0 Å². The lowest BCUT2D eigenvalue weighted by Crippen LogP contribution is -2.52. The number of carbonyl (C=O) groups is 8. The summed E-state index contributed by atoms with van der Waals surface area (Å²) in [6.45, 7) is 7.63. The average Bonchev–Trinajstić information content (AvgIpc) is 1.55. The minimum absolute atomic E-state index is 0.00935. The smallest absolute Gasteiger partial charge is 0.269 e. The molecule has 0 bridgehead atoms. The van der Waals surface area contributed by atoms with E-state index in [-0.39, 0.29) is 84.3 Å². The Labute approximate surface area is 735 Å². The normalized spacial score (nSPS) is 19.3. The van der Waals surface area contributed by atoms with Gasteiger partial charge in [0.25, 0.3) is 35.0 Å². The number of carbonyl (C=O) groups excluding carboxylic acids is 8. The van der Waals surface area contributed by atoms with Crippen LogP contribution in [0.5, 0.6) is 5.75 Å². The molecule has 0 spiro atoms. The van der Waals surface area contributed by atoms with Crippen molar-refractivity contribution in [2.45, 2.75) is 62.2 Å². The van der Waals surface area contributed by atoms with Gasteiger partial charge in [-0.15, -0.1) is 0 Å². The van der Waals surface area contributed by atoms with Crippen molar-refractivity contribution in [2.75, 3.05) is 59.5 Å². The molecular weight excluding hydrogens is 1640 g/mol. The molecule has 125 heavy (non-hydrogen) atoms. The van der Waals surface area contributed by atoms with Gasteiger partial charge in [0.2, 0.25) is 23.6 Å². The van der Waals surface area contributed by atoms with Crippen LogP contribution in [0.25, 0.3) is 0 Å². The predicted octanol–water partition coefficient (Wildman–Crippen LogP) is 16.1. The third kappa shape index (κ3) is 14.2. The van der Waals surface area contributed by atoms with Crippen LogP contribution >= 0.6 is 34.8 Å². The number of amides is 8. The molecule has 8 aliphatic rings. The number of aryl methyl sites for hydroxylation is 2. The molecule has 0 aromatic heterocycles. The average molecular weight is 1730 g/mol. The number of benzene rings is 12. The number of ether oxygens (including phenoxy) is 1. The van der Waals surface area contributed by atoms with Crippen molar-refractivity contribution in [1.82, 2.24) is 39.2 Å². The number of hydrogen-bond acceptors (Lipinski definition) is 13. The van der Waals surface area contributed by atoms with Crippen LogP contribution in [0.2, 0.25) is 15.1 Å². The Morgan fingerprint density at radius 1 is 0.312 bits per heavy atom. The number of methoxy groups -OCH3 is 1. The van der Waals surface area contributed by atoms with Gasteiger partial charge in [-0.25, -0.2) is 0 Å². The second kappa shape index (κ2) is 33.6. The predicted molar refractivity (Wildman–Crippen MR) is 471 cm³/mol. The second-order valence-corrected chi connectivity index (χ2v) is 33.0. The highest BCUT2D eigenvalue weighted by Gasteiger charge is 2.64. The number of non-ortho nitro benzene ring substituents is 2. The monoisotopic (exact) mass is 1720 g/mol. The van der Waals surface area contributed by atoms with Gasteiger partial charge in [-0.05, 0) is 109 Å². The zero-order valence-corrected chi connectivity index (χ0v) is 70.4. The van der Waals surface area contributed by atoms with Crippen molar-refractivity contribution >= 4 is 93.4 Å². The molecule has 8 aliphatic heterocycles. The zero-order valence-electron chi connectivity index (χ0n) is 68.1. The third-order valence-electron chi connectivity index (χ3n) is 24.8. The first-order chi connectivity index (χ1) is 60.4. The molecule has 20 rings (SSSR count). The number of nitro groups is 2. The number of rotatable bonds is 15. The van der Waals surface area contributed by atoms with Crippen molar-refractivity contribution in [3.63, 3.8) is 0 Å². The molecule has 4 atom stereocenters. The van der Waals surface area contributed by atoms with Crippen LogP contribution in [0.4, 0.5) is 11.4 Å².